The van der Waals surface area contributed by atoms with Gasteiger partial charge in [-0.25, -0.2) is 9.78 Å². The minimum absolute atomic E-state index is 0.209. The van der Waals surface area contributed by atoms with Gasteiger partial charge < -0.3 is 15.5 Å². The molecular formula is C17H21N5O. The highest BCUT2D eigenvalue weighted by molar-refractivity contribution is 5.73. The van der Waals surface area contributed by atoms with Crippen molar-refractivity contribution in [3.63, 3.8) is 0 Å². The van der Waals surface area contributed by atoms with E-state index in [-0.39, 0.29) is 6.03 Å². The van der Waals surface area contributed by atoms with Crippen LogP contribution in [0, 0.1) is 0 Å². The maximum atomic E-state index is 11.8. The fourth-order valence-corrected chi connectivity index (χ4v) is 2.57. The van der Waals surface area contributed by atoms with Crippen molar-refractivity contribution in [2.45, 2.75) is 25.9 Å². The summed E-state index contributed by atoms with van der Waals surface area (Å²) in [5, 5.41) is 5.61. The van der Waals surface area contributed by atoms with Gasteiger partial charge in [0.15, 0.2) is 0 Å². The second-order valence-corrected chi connectivity index (χ2v) is 5.58. The van der Waals surface area contributed by atoms with Crippen LogP contribution in [0.25, 0.3) is 0 Å². The fourth-order valence-electron chi connectivity index (χ4n) is 2.57. The number of nitrogens with one attached hydrogen (secondary N) is 2. The van der Waals surface area contributed by atoms with Crippen molar-refractivity contribution < 1.29 is 4.79 Å². The lowest BCUT2D eigenvalue weighted by Gasteiger charge is -2.16. The zero-order valence-corrected chi connectivity index (χ0v) is 13.0. The molecule has 1 saturated heterocycles. The Morgan fingerprint density at radius 2 is 1.87 bits per heavy atom. The fraction of sp³-hybridized carbons (Fsp3) is 0.353. The highest BCUT2D eigenvalue weighted by atomic mass is 16.2. The average Bonchev–Trinajstić information content (AvgIpc) is 3.14. The van der Waals surface area contributed by atoms with E-state index in [1.807, 2.05) is 36.5 Å². The minimum Gasteiger partial charge on any atom is -0.357 e. The number of amides is 2. The van der Waals surface area contributed by atoms with E-state index >= 15 is 0 Å². The molecule has 2 amide bonds. The Bertz CT molecular complexity index is 623. The van der Waals surface area contributed by atoms with Crippen LogP contribution in [0.15, 0.2) is 42.7 Å². The molecule has 0 atom stereocenters. The van der Waals surface area contributed by atoms with E-state index < -0.39 is 0 Å². The van der Waals surface area contributed by atoms with Crippen molar-refractivity contribution in [3.8, 4) is 0 Å². The third-order valence-corrected chi connectivity index (χ3v) is 3.85. The summed E-state index contributed by atoms with van der Waals surface area (Å²) < 4.78 is 0. The standard InChI is InChI=1S/C17H21N5O/c23-17(21-13-15-5-1-2-8-18-15)20-12-14-6-7-16(19-11-14)22-9-3-4-10-22/h1-2,5-8,11H,3-4,9-10,12-13H2,(H2,20,21,23). The zero-order chi connectivity index (χ0) is 15.9. The molecule has 1 aliphatic heterocycles. The van der Waals surface area contributed by atoms with Gasteiger partial charge in [0.2, 0.25) is 0 Å². The molecule has 0 spiro atoms. The third kappa shape index (κ3) is 4.42. The van der Waals surface area contributed by atoms with E-state index in [0.717, 1.165) is 30.2 Å². The van der Waals surface area contributed by atoms with Crippen LogP contribution in [0.4, 0.5) is 10.6 Å². The van der Waals surface area contributed by atoms with Gasteiger partial charge in [-0.2, -0.15) is 0 Å². The molecule has 120 valence electrons. The van der Waals surface area contributed by atoms with Gasteiger partial charge in [0.05, 0.1) is 12.2 Å². The van der Waals surface area contributed by atoms with Crippen LogP contribution in [0.3, 0.4) is 0 Å². The van der Waals surface area contributed by atoms with Gasteiger partial charge in [-0.1, -0.05) is 12.1 Å². The molecule has 1 aliphatic rings. The highest BCUT2D eigenvalue weighted by Gasteiger charge is 2.12. The van der Waals surface area contributed by atoms with Crippen molar-refractivity contribution in [3.05, 3.63) is 54.0 Å². The molecule has 1 fully saturated rings. The Morgan fingerprint density at radius 3 is 2.57 bits per heavy atom. The zero-order valence-electron chi connectivity index (χ0n) is 13.0. The summed E-state index contributed by atoms with van der Waals surface area (Å²) in [7, 11) is 0. The van der Waals surface area contributed by atoms with Crippen LogP contribution in [0.5, 0.6) is 0 Å². The quantitative estimate of drug-likeness (QED) is 0.887. The lowest BCUT2D eigenvalue weighted by molar-refractivity contribution is 0.240. The molecule has 0 aromatic carbocycles. The first-order valence-electron chi connectivity index (χ1n) is 7.93. The van der Waals surface area contributed by atoms with Crippen molar-refractivity contribution in [1.82, 2.24) is 20.6 Å². The average molecular weight is 311 g/mol. The molecular weight excluding hydrogens is 290 g/mol. The van der Waals surface area contributed by atoms with E-state index in [4.69, 9.17) is 0 Å². The molecule has 0 saturated carbocycles. The van der Waals surface area contributed by atoms with Gasteiger partial charge in [0, 0.05) is 32.0 Å². The first kappa shape index (κ1) is 15.3. The summed E-state index contributed by atoms with van der Waals surface area (Å²) in [4.78, 5) is 22.7. The summed E-state index contributed by atoms with van der Waals surface area (Å²) in [5.74, 6) is 1.02. The Kier molecular flexibility index (Phi) is 5.03. The SMILES string of the molecule is O=C(NCc1ccc(N2CCCC2)nc1)NCc1ccccn1. The number of anilines is 1. The number of rotatable bonds is 5. The molecule has 6 nitrogen and oxygen atoms in total. The topological polar surface area (TPSA) is 70.2 Å². The monoisotopic (exact) mass is 311 g/mol. The molecule has 2 N–H and O–H groups in total. The number of nitrogens with zero attached hydrogens (tertiary/aromatic N) is 3. The van der Waals surface area contributed by atoms with Crippen molar-refractivity contribution in [2.24, 2.45) is 0 Å². The second-order valence-electron chi connectivity index (χ2n) is 5.58. The van der Waals surface area contributed by atoms with Crippen molar-refractivity contribution >= 4 is 11.8 Å². The van der Waals surface area contributed by atoms with Crippen molar-refractivity contribution in [1.29, 1.82) is 0 Å². The molecule has 23 heavy (non-hydrogen) atoms. The summed E-state index contributed by atoms with van der Waals surface area (Å²) in [6.07, 6.45) is 6.01. The van der Waals surface area contributed by atoms with Crippen LogP contribution in [0.2, 0.25) is 0 Å². The maximum absolute atomic E-state index is 11.8. The first-order chi connectivity index (χ1) is 11.3. The largest absolute Gasteiger partial charge is 0.357 e. The number of aromatic nitrogens is 2. The number of pyridine rings is 2. The number of hydrogen-bond acceptors (Lipinski definition) is 4. The Morgan fingerprint density at radius 1 is 1.04 bits per heavy atom. The molecule has 6 heteroatoms. The summed E-state index contributed by atoms with van der Waals surface area (Å²) in [6, 6.07) is 9.45. The maximum Gasteiger partial charge on any atom is 0.315 e. The number of hydrogen-bond donors (Lipinski definition) is 2. The molecule has 2 aromatic heterocycles. The van der Waals surface area contributed by atoms with E-state index in [2.05, 4.69) is 25.5 Å². The number of carbonyl (C=O) groups is 1. The summed E-state index contributed by atoms with van der Waals surface area (Å²) >= 11 is 0. The third-order valence-electron chi connectivity index (χ3n) is 3.85. The van der Waals surface area contributed by atoms with Gasteiger partial charge in [-0.15, -0.1) is 0 Å². The Hall–Kier alpha value is -2.63. The van der Waals surface area contributed by atoms with Gasteiger partial charge >= 0.3 is 6.03 Å². The lowest BCUT2D eigenvalue weighted by atomic mass is 10.3. The second kappa shape index (κ2) is 7.58. The molecule has 2 aromatic rings. The molecule has 0 radical (unpaired) electrons. The lowest BCUT2D eigenvalue weighted by Crippen LogP contribution is -2.34. The predicted octanol–water partition coefficient (Wildman–Crippen LogP) is 2.08. The number of carbonyl (C=O) groups excluding carboxylic acids is 1. The molecule has 3 rings (SSSR count). The van der Waals surface area contributed by atoms with Crippen LogP contribution in [-0.4, -0.2) is 29.1 Å². The van der Waals surface area contributed by atoms with Crippen LogP contribution in [-0.2, 0) is 13.1 Å². The molecule has 0 unspecified atom stereocenters. The summed E-state index contributed by atoms with van der Waals surface area (Å²) in [5.41, 5.74) is 1.82. The van der Waals surface area contributed by atoms with E-state index in [9.17, 15) is 4.79 Å². The van der Waals surface area contributed by atoms with E-state index in [0.29, 0.717) is 13.1 Å². The van der Waals surface area contributed by atoms with E-state index in [1.54, 1.807) is 6.20 Å². The normalized spacial score (nSPS) is 13.8. The Balaban J connectivity index is 1.43. The van der Waals surface area contributed by atoms with E-state index in [1.165, 1.54) is 12.8 Å². The first-order valence-corrected chi connectivity index (χ1v) is 7.93. The van der Waals surface area contributed by atoms with Gasteiger partial charge in [-0.3, -0.25) is 4.98 Å². The Labute approximate surface area is 135 Å². The summed E-state index contributed by atoms with van der Waals surface area (Å²) in [6.45, 7) is 3.04. The smallest absolute Gasteiger partial charge is 0.315 e. The van der Waals surface area contributed by atoms with Crippen LogP contribution < -0.4 is 15.5 Å². The highest BCUT2D eigenvalue weighted by Crippen LogP contribution is 2.17. The number of urea groups is 1. The molecule has 0 aliphatic carbocycles. The van der Waals surface area contributed by atoms with Crippen LogP contribution in [0.1, 0.15) is 24.1 Å². The molecule has 0 bridgehead atoms. The molecule has 3 heterocycles. The minimum atomic E-state index is -0.209. The predicted molar refractivity (Wildman–Crippen MR) is 89.0 cm³/mol. The van der Waals surface area contributed by atoms with Crippen LogP contribution >= 0.6 is 0 Å². The van der Waals surface area contributed by atoms with Crippen molar-refractivity contribution in [2.75, 3.05) is 18.0 Å². The van der Waals surface area contributed by atoms with Gasteiger partial charge in [-0.05, 0) is 36.6 Å². The van der Waals surface area contributed by atoms with Gasteiger partial charge in [0.1, 0.15) is 5.82 Å². The van der Waals surface area contributed by atoms with Gasteiger partial charge in [0.25, 0.3) is 0 Å².